The SMILES string of the molecule is O=C(NC(Nc1ccc(Cl)cc1)c1nc2ccccc2o1)c1ccc(Br)cn1. The first-order valence-corrected chi connectivity index (χ1v) is 9.55. The third-order valence-corrected chi connectivity index (χ3v) is 4.67. The number of anilines is 1. The van der Waals surface area contributed by atoms with Crippen molar-refractivity contribution in [3.05, 3.63) is 87.9 Å². The number of halogens is 2. The molecule has 6 nitrogen and oxygen atoms in total. The Morgan fingerprint density at radius 3 is 2.57 bits per heavy atom. The average Bonchev–Trinajstić information content (AvgIpc) is 3.14. The Hall–Kier alpha value is -2.90. The van der Waals surface area contributed by atoms with Gasteiger partial charge in [-0.15, -0.1) is 0 Å². The minimum Gasteiger partial charge on any atom is -0.436 e. The van der Waals surface area contributed by atoms with Crippen LogP contribution in [0.5, 0.6) is 0 Å². The molecule has 2 aromatic heterocycles. The summed E-state index contributed by atoms with van der Waals surface area (Å²) in [5.41, 5.74) is 2.37. The molecule has 1 unspecified atom stereocenters. The lowest BCUT2D eigenvalue weighted by Crippen LogP contribution is -2.34. The Bertz CT molecular complexity index is 1080. The highest BCUT2D eigenvalue weighted by molar-refractivity contribution is 9.10. The Balaban J connectivity index is 1.64. The molecule has 2 aromatic carbocycles. The molecule has 0 bridgehead atoms. The maximum absolute atomic E-state index is 12.7. The van der Waals surface area contributed by atoms with Gasteiger partial charge in [0.1, 0.15) is 11.2 Å². The number of para-hydroxylation sites is 2. The smallest absolute Gasteiger partial charge is 0.271 e. The van der Waals surface area contributed by atoms with Gasteiger partial charge in [-0.2, -0.15) is 0 Å². The van der Waals surface area contributed by atoms with Crippen LogP contribution in [-0.2, 0) is 0 Å². The van der Waals surface area contributed by atoms with E-state index in [1.807, 2.05) is 36.4 Å². The van der Waals surface area contributed by atoms with Gasteiger partial charge in [0, 0.05) is 21.4 Å². The monoisotopic (exact) mass is 456 g/mol. The number of oxazole rings is 1. The van der Waals surface area contributed by atoms with Gasteiger partial charge in [0.15, 0.2) is 11.7 Å². The van der Waals surface area contributed by atoms with E-state index in [0.29, 0.717) is 22.0 Å². The molecule has 0 saturated carbocycles. The van der Waals surface area contributed by atoms with Crippen molar-refractivity contribution < 1.29 is 9.21 Å². The van der Waals surface area contributed by atoms with Gasteiger partial charge in [-0.25, -0.2) is 9.97 Å². The van der Waals surface area contributed by atoms with Crippen molar-refractivity contribution in [2.45, 2.75) is 6.17 Å². The number of fused-ring (bicyclic) bond motifs is 1. The Morgan fingerprint density at radius 1 is 1.07 bits per heavy atom. The van der Waals surface area contributed by atoms with Crippen molar-refractivity contribution in [3.8, 4) is 0 Å². The fourth-order valence-electron chi connectivity index (χ4n) is 2.60. The molecule has 0 saturated heterocycles. The van der Waals surface area contributed by atoms with Crippen molar-refractivity contribution in [1.29, 1.82) is 0 Å². The van der Waals surface area contributed by atoms with E-state index in [1.54, 1.807) is 30.5 Å². The number of benzene rings is 2. The van der Waals surface area contributed by atoms with Gasteiger partial charge < -0.3 is 15.1 Å². The minimum atomic E-state index is -0.702. The molecule has 8 heteroatoms. The van der Waals surface area contributed by atoms with Gasteiger partial charge >= 0.3 is 0 Å². The highest BCUT2D eigenvalue weighted by atomic mass is 79.9. The average molecular weight is 458 g/mol. The van der Waals surface area contributed by atoms with Crippen LogP contribution in [0.25, 0.3) is 11.1 Å². The van der Waals surface area contributed by atoms with Gasteiger partial charge in [0.25, 0.3) is 5.91 Å². The summed E-state index contributed by atoms with van der Waals surface area (Å²) in [6, 6.07) is 17.9. The number of pyridine rings is 1. The molecular weight excluding hydrogens is 444 g/mol. The highest BCUT2D eigenvalue weighted by Gasteiger charge is 2.22. The molecule has 28 heavy (non-hydrogen) atoms. The Morgan fingerprint density at radius 2 is 1.86 bits per heavy atom. The zero-order chi connectivity index (χ0) is 19.5. The van der Waals surface area contributed by atoms with E-state index in [0.717, 1.165) is 10.2 Å². The number of aromatic nitrogens is 2. The molecule has 0 radical (unpaired) electrons. The minimum absolute atomic E-state index is 0.280. The van der Waals surface area contributed by atoms with E-state index in [9.17, 15) is 4.79 Å². The topological polar surface area (TPSA) is 80.0 Å². The van der Waals surface area contributed by atoms with Gasteiger partial charge in [0.2, 0.25) is 5.89 Å². The van der Waals surface area contributed by atoms with Crippen LogP contribution in [0.2, 0.25) is 5.02 Å². The van der Waals surface area contributed by atoms with Crippen LogP contribution >= 0.6 is 27.5 Å². The summed E-state index contributed by atoms with van der Waals surface area (Å²) in [7, 11) is 0. The lowest BCUT2D eigenvalue weighted by molar-refractivity contribution is 0.0931. The quantitative estimate of drug-likeness (QED) is 0.404. The first-order chi connectivity index (χ1) is 13.6. The molecule has 140 valence electrons. The van der Waals surface area contributed by atoms with Crippen molar-refractivity contribution in [3.63, 3.8) is 0 Å². The van der Waals surface area contributed by atoms with E-state index < -0.39 is 6.17 Å². The molecule has 0 spiro atoms. The first kappa shape index (κ1) is 18.5. The molecule has 0 aliphatic rings. The van der Waals surface area contributed by atoms with Crippen LogP contribution in [-0.4, -0.2) is 15.9 Å². The van der Waals surface area contributed by atoms with E-state index in [1.165, 1.54) is 0 Å². The lowest BCUT2D eigenvalue weighted by Gasteiger charge is -2.18. The molecule has 0 fully saturated rings. The number of nitrogens with one attached hydrogen (secondary N) is 2. The summed E-state index contributed by atoms with van der Waals surface area (Å²) in [4.78, 5) is 21.3. The second-order valence-electron chi connectivity index (χ2n) is 5.94. The number of hydrogen-bond donors (Lipinski definition) is 2. The number of rotatable bonds is 5. The zero-order valence-corrected chi connectivity index (χ0v) is 16.7. The summed E-state index contributed by atoms with van der Waals surface area (Å²) in [6.45, 7) is 0. The fraction of sp³-hybridized carbons (Fsp3) is 0.0500. The predicted molar refractivity (Wildman–Crippen MR) is 111 cm³/mol. The summed E-state index contributed by atoms with van der Waals surface area (Å²) < 4.78 is 6.63. The molecule has 2 heterocycles. The molecule has 0 aliphatic carbocycles. The van der Waals surface area contributed by atoms with Crippen LogP contribution in [0.3, 0.4) is 0 Å². The second-order valence-corrected chi connectivity index (χ2v) is 7.29. The van der Waals surface area contributed by atoms with E-state index in [-0.39, 0.29) is 11.6 Å². The summed E-state index contributed by atoms with van der Waals surface area (Å²) >= 11 is 9.26. The predicted octanol–water partition coefficient (Wildman–Crippen LogP) is 5.18. The van der Waals surface area contributed by atoms with Crippen LogP contribution in [0.4, 0.5) is 5.69 Å². The molecule has 1 amide bonds. The van der Waals surface area contributed by atoms with Crippen LogP contribution in [0, 0.1) is 0 Å². The Labute approximate surface area is 174 Å². The van der Waals surface area contributed by atoms with Gasteiger partial charge in [-0.1, -0.05) is 23.7 Å². The summed E-state index contributed by atoms with van der Waals surface area (Å²) in [5, 5.41) is 6.71. The zero-order valence-electron chi connectivity index (χ0n) is 14.4. The van der Waals surface area contributed by atoms with Crippen molar-refractivity contribution in [2.75, 3.05) is 5.32 Å². The Kier molecular flexibility index (Phi) is 5.27. The maximum atomic E-state index is 12.7. The molecular formula is C20H14BrClN4O2. The maximum Gasteiger partial charge on any atom is 0.271 e. The molecule has 4 aromatic rings. The first-order valence-electron chi connectivity index (χ1n) is 8.38. The highest BCUT2D eigenvalue weighted by Crippen LogP contribution is 2.23. The third-order valence-electron chi connectivity index (χ3n) is 3.95. The van der Waals surface area contributed by atoms with Crippen LogP contribution in [0.1, 0.15) is 22.5 Å². The number of nitrogens with zero attached hydrogens (tertiary/aromatic N) is 2. The molecule has 1 atom stereocenters. The standard InChI is InChI=1S/C20H14BrClN4O2/c21-12-5-10-16(23-11-12)19(27)26-18(24-14-8-6-13(22)7-9-14)20-25-15-3-1-2-4-17(15)28-20/h1-11,18,24H,(H,26,27). The largest absolute Gasteiger partial charge is 0.436 e. The van der Waals surface area contributed by atoms with Crippen LogP contribution in [0.15, 0.2) is 75.8 Å². The van der Waals surface area contributed by atoms with Crippen molar-refractivity contribution in [1.82, 2.24) is 15.3 Å². The number of carbonyl (C=O) groups excluding carboxylic acids is 1. The fourth-order valence-corrected chi connectivity index (χ4v) is 2.96. The summed E-state index contributed by atoms with van der Waals surface area (Å²) in [5.74, 6) is -0.0252. The number of hydrogen-bond acceptors (Lipinski definition) is 5. The van der Waals surface area contributed by atoms with E-state index >= 15 is 0 Å². The van der Waals surface area contributed by atoms with Crippen molar-refractivity contribution in [2.24, 2.45) is 0 Å². The second kappa shape index (κ2) is 8.00. The van der Waals surface area contributed by atoms with Crippen LogP contribution < -0.4 is 10.6 Å². The van der Waals surface area contributed by atoms with Crippen molar-refractivity contribution >= 4 is 50.2 Å². The number of amides is 1. The van der Waals surface area contributed by atoms with Gasteiger partial charge in [-0.3, -0.25) is 4.79 Å². The summed E-state index contributed by atoms with van der Waals surface area (Å²) in [6.07, 6.45) is 0.863. The van der Waals surface area contributed by atoms with Gasteiger partial charge in [-0.05, 0) is 64.5 Å². The molecule has 2 N–H and O–H groups in total. The molecule has 4 rings (SSSR count). The van der Waals surface area contributed by atoms with E-state index in [2.05, 4.69) is 36.5 Å². The number of carbonyl (C=O) groups is 1. The molecule has 0 aliphatic heterocycles. The third kappa shape index (κ3) is 4.16. The van der Waals surface area contributed by atoms with E-state index in [4.69, 9.17) is 16.0 Å². The normalized spacial score (nSPS) is 11.9. The lowest BCUT2D eigenvalue weighted by atomic mass is 10.3. The van der Waals surface area contributed by atoms with Gasteiger partial charge in [0.05, 0.1) is 0 Å².